The van der Waals surface area contributed by atoms with Crippen LogP contribution in [0.1, 0.15) is 29.6 Å². The standard InChI is InChI=1S/C18H25N3O4S/c1-26(24,25)16-4-2-3-13(12-16)17(22)20-7-9-21(10-8-20)18(23)14-5-6-15(19)11-14/h2-4,12,14-15H,5-11,19H2,1H3. The number of sulfone groups is 1. The van der Waals surface area contributed by atoms with Gasteiger partial charge in [0.2, 0.25) is 5.91 Å². The van der Waals surface area contributed by atoms with Gasteiger partial charge in [-0.25, -0.2) is 8.42 Å². The van der Waals surface area contributed by atoms with Gasteiger partial charge in [0.05, 0.1) is 4.90 Å². The maximum absolute atomic E-state index is 12.7. The summed E-state index contributed by atoms with van der Waals surface area (Å²) in [5, 5.41) is 0. The van der Waals surface area contributed by atoms with Crippen molar-refractivity contribution in [2.24, 2.45) is 11.7 Å². The number of amides is 2. The molecule has 1 aliphatic heterocycles. The van der Waals surface area contributed by atoms with Crippen LogP contribution in [0.15, 0.2) is 29.2 Å². The number of benzene rings is 1. The van der Waals surface area contributed by atoms with Crippen molar-refractivity contribution in [3.63, 3.8) is 0 Å². The first kappa shape index (κ1) is 18.8. The maximum atomic E-state index is 12.7. The Morgan fingerprint density at radius 1 is 1.08 bits per heavy atom. The summed E-state index contributed by atoms with van der Waals surface area (Å²) in [4.78, 5) is 28.8. The van der Waals surface area contributed by atoms with E-state index in [0.29, 0.717) is 31.7 Å². The molecule has 1 saturated carbocycles. The normalized spacial score (nSPS) is 23.9. The molecule has 2 N–H and O–H groups in total. The maximum Gasteiger partial charge on any atom is 0.254 e. The summed E-state index contributed by atoms with van der Waals surface area (Å²) in [6, 6.07) is 6.21. The van der Waals surface area contributed by atoms with Gasteiger partial charge in [0.25, 0.3) is 5.91 Å². The number of hydrogen-bond acceptors (Lipinski definition) is 5. The van der Waals surface area contributed by atoms with E-state index in [1.54, 1.807) is 17.0 Å². The molecule has 7 nitrogen and oxygen atoms in total. The zero-order chi connectivity index (χ0) is 18.9. The molecule has 1 aromatic rings. The van der Waals surface area contributed by atoms with E-state index >= 15 is 0 Å². The van der Waals surface area contributed by atoms with Crippen molar-refractivity contribution in [2.75, 3.05) is 32.4 Å². The molecule has 3 rings (SSSR count). The molecule has 1 aliphatic carbocycles. The van der Waals surface area contributed by atoms with E-state index < -0.39 is 9.84 Å². The lowest BCUT2D eigenvalue weighted by molar-refractivity contribution is -0.136. The molecular weight excluding hydrogens is 354 g/mol. The van der Waals surface area contributed by atoms with Gasteiger partial charge in [-0.15, -0.1) is 0 Å². The molecule has 1 aromatic carbocycles. The number of piperazine rings is 1. The Kier molecular flexibility index (Phi) is 5.34. The lowest BCUT2D eigenvalue weighted by Crippen LogP contribution is -2.51. The van der Waals surface area contributed by atoms with E-state index in [0.717, 1.165) is 25.5 Å². The fourth-order valence-corrected chi connectivity index (χ4v) is 4.34. The van der Waals surface area contributed by atoms with Crippen molar-refractivity contribution in [3.8, 4) is 0 Å². The Bertz CT molecular complexity index is 800. The summed E-state index contributed by atoms with van der Waals surface area (Å²) >= 11 is 0. The van der Waals surface area contributed by atoms with Gasteiger partial charge >= 0.3 is 0 Å². The molecule has 1 heterocycles. The molecule has 0 bridgehead atoms. The third-order valence-electron chi connectivity index (χ3n) is 5.21. The first-order valence-electron chi connectivity index (χ1n) is 8.89. The third-order valence-corrected chi connectivity index (χ3v) is 6.32. The number of carbonyl (C=O) groups excluding carboxylic acids is 2. The molecule has 142 valence electrons. The van der Waals surface area contributed by atoms with Crippen LogP contribution in [0.25, 0.3) is 0 Å². The van der Waals surface area contributed by atoms with Crippen LogP contribution in [0.4, 0.5) is 0 Å². The lowest BCUT2D eigenvalue weighted by Gasteiger charge is -2.36. The highest BCUT2D eigenvalue weighted by Crippen LogP contribution is 2.26. The van der Waals surface area contributed by atoms with Gasteiger partial charge in [0.1, 0.15) is 0 Å². The fourth-order valence-electron chi connectivity index (χ4n) is 3.67. The van der Waals surface area contributed by atoms with Crippen molar-refractivity contribution >= 4 is 21.7 Å². The minimum atomic E-state index is -3.36. The average molecular weight is 379 g/mol. The van der Waals surface area contributed by atoms with E-state index in [1.807, 2.05) is 4.90 Å². The number of carbonyl (C=O) groups is 2. The second-order valence-corrected chi connectivity index (χ2v) is 9.20. The summed E-state index contributed by atoms with van der Waals surface area (Å²) in [5.41, 5.74) is 6.25. The Balaban J connectivity index is 1.61. The third kappa shape index (κ3) is 4.07. The van der Waals surface area contributed by atoms with E-state index in [-0.39, 0.29) is 28.7 Å². The van der Waals surface area contributed by atoms with Gasteiger partial charge in [-0.1, -0.05) is 6.07 Å². The predicted octanol–water partition coefficient (Wildman–Crippen LogP) is 0.502. The highest BCUT2D eigenvalue weighted by atomic mass is 32.2. The molecule has 0 aromatic heterocycles. The Labute approximate surface area is 154 Å². The largest absolute Gasteiger partial charge is 0.339 e. The number of hydrogen-bond donors (Lipinski definition) is 1. The topological polar surface area (TPSA) is 101 Å². The molecule has 0 spiro atoms. The predicted molar refractivity (Wildman–Crippen MR) is 97.4 cm³/mol. The first-order valence-corrected chi connectivity index (χ1v) is 10.8. The van der Waals surface area contributed by atoms with Crippen molar-refractivity contribution in [2.45, 2.75) is 30.2 Å². The van der Waals surface area contributed by atoms with Crippen molar-refractivity contribution in [1.29, 1.82) is 0 Å². The minimum Gasteiger partial charge on any atom is -0.339 e. The molecule has 2 atom stereocenters. The van der Waals surface area contributed by atoms with Crippen LogP contribution in [0.3, 0.4) is 0 Å². The van der Waals surface area contributed by atoms with Crippen molar-refractivity contribution in [3.05, 3.63) is 29.8 Å². The average Bonchev–Trinajstić information content (AvgIpc) is 3.06. The van der Waals surface area contributed by atoms with Crippen LogP contribution < -0.4 is 5.73 Å². The number of nitrogens with zero attached hydrogens (tertiary/aromatic N) is 2. The zero-order valence-electron chi connectivity index (χ0n) is 14.9. The van der Waals surface area contributed by atoms with Gasteiger partial charge in [-0.3, -0.25) is 9.59 Å². The molecule has 26 heavy (non-hydrogen) atoms. The van der Waals surface area contributed by atoms with Gasteiger partial charge in [0, 0.05) is 50.0 Å². The number of rotatable bonds is 3. The fraction of sp³-hybridized carbons (Fsp3) is 0.556. The van der Waals surface area contributed by atoms with Crippen LogP contribution in [-0.2, 0) is 14.6 Å². The number of nitrogens with two attached hydrogens (primary N) is 1. The molecule has 2 unspecified atom stereocenters. The molecule has 1 saturated heterocycles. The highest BCUT2D eigenvalue weighted by Gasteiger charge is 2.33. The monoisotopic (exact) mass is 379 g/mol. The molecule has 2 amide bonds. The minimum absolute atomic E-state index is 0.0127. The summed E-state index contributed by atoms with van der Waals surface area (Å²) in [5.74, 6) is -0.0479. The first-order chi connectivity index (χ1) is 12.3. The summed E-state index contributed by atoms with van der Waals surface area (Å²) < 4.78 is 23.3. The van der Waals surface area contributed by atoms with Crippen LogP contribution in [-0.4, -0.2) is 68.5 Å². The van der Waals surface area contributed by atoms with E-state index in [9.17, 15) is 18.0 Å². The van der Waals surface area contributed by atoms with Crippen LogP contribution in [0, 0.1) is 5.92 Å². The Morgan fingerprint density at radius 2 is 1.73 bits per heavy atom. The SMILES string of the molecule is CS(=O)(=O)c1cccc(C(=O)N2CCN(C(=O)C3CCC(N)C3)CC2)c1. The zero-order valence-corrected chi connectivity index (χ0v) is 15.7. The quantitative estimate of drug-likeness (QED) is 0.824. The van der Waals surface area contributed by atoms with E-state index in [2.05, 4.69) is 0 Å². The van der Waals surface area contributed by atoms with Crippen LogP contribution in [0.5, 0.6) is 0 Å². The molecule has 0 radical (unpaired) electrons. The van der Waals surface area contributed by atoms with Crippen molar-refractivity contribution < 1.29 is 18.0 Å². The summed E-state index contributed by atoms with van der Waals surface area (Å²) in [6.45, 7) is 1.91. The second-order valence-electron chi connectivity index (χ2n) is 7.19. The van der Waals surface area contributed by atoms with Crippen molar-refractivity contribution in [1.82, 2.24) is 9.80 Å². The summed E-state index contributed by atoms with van der Waals surface area (Å²) in [6.07, 6.45) is 3.61. The smallest absolute Gasteiger partial charge is 0.254 e. The molecular formula is C18H25N3O4S. The lowest BCUT2D eigenvalue weighted by atomic mass is 10.1. The molecule has 8 heteroatoms. The van der Waals surface area contributed by atoms with E-state index in [1.165, 1.54) is 12.1 Å². The summed E-state index contributed by atoms with van der Waals surface area (Å²) in [7, 11) is -3.36. The molecule has 2 fully saturated rings. The van der Waals surface area contributed by atoms with Gasteiger partial charge in [0.15, 0.2) is 9.84 Å². The van der Waals surface area contributed by atoms with Crippen LogP contribution >= 0.6 is 0 Å². The second kappa shape index (κ2) is 7.36. The Hall–Kier alpha value is -1.93. The van der Waals surface area contributed by atoms with Gasteiger partial charge in [-0.2, -0.15) is 0 Å². The van der Waals surface area contributed by atoms with Crippen LogP contribution in [0.2, 0.25) is 0 Å². The van der Waals surface area contributed by atoms with Gasteiger partial charge in [-0.05, 0) is 37.5 Å². The van der Waals surface area contributed by atoms with Gasteiger partial charge < -0.3 is 15.5 Å². The highest BCUT2D eigenvalue weighted by molar-refractivity contribution is 7.90. The van der Waals surface area contributed by atoms with E-state index in [4.69, 9.17) is 5.73 Å². The molecule has 2 aliphatic rings. The Morgan fingerprint density at radius 3 is 2.31 bits per heavy atom.